The van der Waals surface area contributed by atoms with Crippen LogP contribution in [0.1, 0.15) is 23.6 Å². The molecule has 0 heterocycles. The van der Waals surface area contributed by atoms with E-state index in [4.69, 9.17) is 10.8 Å². The van der Waals surface area contributed by atoms with E-state index in [1.54, 1.807) is 18.2 Å². The fraction of sp³-hybridized carbons (Fsp3) is 0.300. The molecular formula is C10H10FNO2. The van der Waals surface area contributed by atoms with Crippen LogP contribution in [0.5, 0.6) is 0 Å². The molecule has 0 aromatic heterocycles. The number of carbonyl (C=O) groups is 1. The van der Waals surface area contributed by atoms with Gasteiger partial charge in [-0.1, -0.05) is 24.3 Å². The van der Waals surface area contributed by atoms with Crippen molar-refractivity contribution in [2.24, 2.45) is 5.73 Å². The molecule has 14 heavy (non-hydrogen) atoms. The summed E-state index contributed by atoms with van der Waals surface area (Å²) in [6.45, 7) is 0. The third-order valence-electron chi connectivity index (χ3n) is 2.63. The maximum absolute atomic E-state index is 14.0. The second-order valence-corrected chi connectivity index (χ2v) is 3.50. The second kappa shape index (κ2) is 2.78. The molecule has 0 bridgehead atoms. The summed E-state index contributed by atoms with van der Waals surface area (Å²) < 4.78 is 14.0. The molecule has 0 saturated carbocycles. The molecule has 1 aliphatic rings. The van der Waals surface area contributed by atoms with E-state index in [9.17, 15) is 9.18 Å². The third-order valence-corrected chi connectivity index (χ3v) is 2.63. The summed E-state index contributed by atoms with van der Waals surface area (Å²) in [6, 6.07) is 5.98. The van der Waals surface area contributed by atoms with Gasteiger partial charge in [-0.25, -0.2) is 9.18 Å². The van der Waals surface area contributed by atoms with Crippen LogP contribution in [0.4, 0.5) is 4.39 Å². The maximum atomic E-state index is 14.0. The number of alkyl halides is 1. The smallest absolute Gasteiger partial charge is 0.346 e. The molecule has 1 aromatic rings. The van der Waals surface area contributed by atoms with Crippen molar-refractivity contribution in [3.05, 3.63) is 35.4 Å². The Morgan fingerprint density at radius 1 is 1.57 bits per heavy atom. The fourth-order valence-corrected chi connectivity index (χ4v) is 1.91. The minimum Gasteiger partial charge on any atom is -0.479 e. The molecule has 1 aromatic carbocycles. The van der Waals surface area contributed by atoms with E-state index >= 15 is 0 Å². The number of carboxylic acid groups (broad SMARTS) is 1. The van der Waals surface area contributed by atoms with E-state index in [1.807, 2.05) is 0 Å². The molecule has 0 radical (unpaired) electrons. The Morgan fingerprint density at radius 2 is 2.21 bits per heavy atom. The monoisotopic (exact) mass is 195 g/mol. The van der Waals surface area contributed by atoms with Crippen molar-refractivity contribution in [3.8, 4) is 0 Å². The highest BCUT2D eigenvalue weighted by molar-refractivity contribution is 5.81. The number of hydrogen-bond donors (Lipinski definition) is 2. The molecule has 3 N–H and O–H groups in total. The van der Waals surface area contributed by atoms with Crippen LogP contribution in [0.2, 0.25) is 0 Å². The van der Waals surface area contributed by atoms with Crippen LogP contribution in [0.3, 0.4) is 0 Å². The zero-order valence-corrected chi connectivity index (χ0v) is 7.40. The Kier molecular flexibility index (Phi) is 1.82. The number of rotatable bonds is 1. The zero-order chi connectivity index (χ0) is 10.3. The summed E-state index contributed by atoms with van der Waals surface area (Å²) in [7, 11) is 0. The molecule has 0 amide bonds. The number of aliphatic carboxylic acids is 1. The summed E-state index contributed by atoms with van der Waals surface area (Å²) in [4.78, 5) is 10.8. The molecule has 74 valence electrons. The highest BCUT2D eigenvalue weighted by atomic mass is 19.1. The van der Waals surface area contributed by atoms with Gasteiger partial charge in [0, 0.05) is 18.0 Å². The Morgan fingerprint density at radius 3 is 2.86 bits per heavy atom. The van der Waals surface area contributed by atoms with Crippen molar-refractivity contribution in [1.29, 1.82) is 0 Å². The average Bonchev–Trinajstić information content (AvgIpc) is 2.42. The van der Waals surface area contributed by atoms with Crippen molar-refractivity contribution in [2.75, 3.05) is 0 Å². The molecule has 0 saturated heterocycles. The Bertz CT molecular complexity index is 393. The Labute approximate surface area is 80.3 Å². The molecule has 1 aliphatic carbocycles. The lowest BCUT2D eigenvalue weighted by Gasteiger charge is -2.14. The van der Waals surface area contributed by atoms with Gasteiger partial charge in [0.2, 0.25) is 5.67 Å². The molecule has 2 atom stereocenters. The van der Waals surface area contributed by atoms with Gasteiger partial charge >= 0.3 is 5.97 Å². The molecule has 0 spiro atoms. The van der Waals surface area contributed by atoms with Gasteiger partial charge in [-0.15, -0.1) is 0 Å². The minimum atomic E-state index is -2.31. The van der Waals surface area contributed by atoms with Gasteiger partial charge in [-0.2, -0.15) is 0 Å². The highest BCUT2D eigenvalue weighted by Gasteiger charge is 2.49. The van der Waals surface area contributed by atoms with Crippen molar-refractivity contribution >= 4 is 5.97 Å². The molecule has 2 unspecified atom stereocenters. The summed E-state index contributed by atoms with van der Waals surface area (Å²) in [6.07, 6.45) is -0.179. The number of carboxylic acids is 1. The SMILES string of the molecule is NC1CC(F)(C(=O)O)c2ccccc21. The van der Waals surface area contributed by atoms with Crippen LogP contribution in [0.15, 0.2) is 24.3 Å². The van der Waals surface area contributed by atoms with Gasteiger partial charge in [-0.05, 0) is 5.56 Å². The van der Waals surface area contributed by atoms with E-state index in [-0.39, 0.29) is 12.0 Å². The fourth-order valence-electron chi connectivity index (χ4n) is 1.91. The lowest BCUT2D eigenvalue weighted by Crippen LogP contribution is -2.28. The number of nitrogens with two attached hydrogens (primary N) is 1. The number of fused-ring (bicyclic) bond motifs is 1. The predicted octanol–water partition coefficient (Wildman–Crippen LogP) is 1.34. The van der Waals surface area contributed by atoms with Crippen molar-refractivity contribution in [1.82, 2.24) is 0 Å². The van der Waals surface area contributed by atoms with Crippen molar-refractivity contribution < 1.29 is 14.3 Å². The van der Waals surface area contributed by atoms with Crippen LogP contribution in [0.25, 0.3) is 0 Å². The maximum Gasteiger partial charge on any atom is 0.346 e. The summed E-state index contributed by atoms with van der Waals surface area (Å²) >= 11 is 0. The largest absolute Gasteiger partial charge is 0.479 e. The zero-order valence-electron chi connectivity index (χ0n) is 7.40. The average molecular weight is 195 g/mol. The van der Waals surface area contributed by atoms with Gasteiger partial charge < -0.3 is 10.8 Å². The normalized spacial score (nSPS) is 30.0. The Hall–Kier alpha value is -1.42. The molecule has 0 aliphatic heterocycles. The van der Waals surface area contributed by atoms with E-state index in [2.05, 4.69) is 0 Å². The summed E-state index contributed by atoms with van der Waals surface area (Å²) in [5.74, 6) is -1.46. The van der Waals surface area contributed by atoms with Gasteiger partial charge in [-0.3, -0.25) is 0 Å². The Balaban J connectivity index is 2.59. The number of hydrogen-bond acceptors (Lipinski definition) is 2. The van der Waals surface area contributed by atoms with Gasteiger partial charge in [0.1, 0.15) is 0 Å². The molecule has 3 nitrogen and oxygen atoms in total. The lowest BCUT2D eigenvalue weighted by atomic mass is 9.98. The van der Waals surface area contributed by atoms with Crippen LogP contribution in [-0.4, -0.2) is 11.1 Å². The van der Waals surface area contributed by atoms with E-state index in [0.29, 0.717) is 5.56 Å². The van der Waals surface area contributed by atoms with Gasteiger partial charge in [0.05, 0.1) is 0 Å². The van der Waals surface area contributed by atoms with Crippen molar-refractivity contribution in [2.45, 2.75) is 18.1 Å². The number of halogens is 1. The third kappa shape index (κ3) is 1.04. The molecule has 2 rings (SSSR count). The molecule has 4 heteroatoms. The second-order valence-electron chi connectivity index (χ2n) is 3.50. The van der Waals surface area contributed by atoms with Crippen molar-refractivity contribution in [3.63, 3.8) is 0 Å². The van der Waals surface area contributed by atoms with Crippen LogP contribution < -0.4 is 5.73 Å². The van der Waals surface area contributed by atoms with Gasteiger partial charge in [0.15, 0.2) is 0 Å². The first kappa shape index (κ1) is 9.15. The summed E-state index contributed by atoms with van der Waals surface area (Å²) in [5.41, 5.74) is 4.14. The van der Waals surface area contributed by atoms with Crippen LogP contribution in [0, 0.1) is 0 Å². The molecular weight excluding hydrogens is 185 g/mol. The first-order valence-corrected chi connectivity index (χ1v) is 4.33. The first-order chi connectivity index (χ1) is 6.55. The minimum absolute atomic E-state index is 0.179. The van der Waals surface area contributed by atoms with E-state index in [1.165, 1.54) is 6.07 Å². The van der Waals surface area contributed by atoms with E-state index in [0.717, 1.165) is 0 Å². The van der Waals surface area contributed by atoms with Gasteiger partial charge in [0.25, 0.3) is 0 Å². The quantitative estimate of drug-likeness (QED) is 0.710. The van der Waals surface area contributed by atoms with Crippen LogP contribution >= 0.6 is 0 Å². The van der Waals surface area contributed by atoms with Crippen LogP contribution in [-0.2, 0) is 10.5 Å². The summed E-state index contributed by atoms with van der Waals surface area (Å²) in [5, 5.41) is 8.81. The topological polar surface area (TPSA) is 63.3 Å². The van der Waals surface area contributed by atoms with E-state index < -0.39 is 17.7 Å². The highest BCUT2D eigenvalue weighted by Crippen LogP contribution is 2.44. The molecule has 0 fully saturated rings. The number of benzene rings is 1. The predicted molar refractivity (Wildman–Crippen MR) is 48.4 cm³/mol. The lowest BCUT2D eigenvalue weighted by molar-refractivity contribution is -0.151. The first-order valence-electron chi connectivity index (χ1n) is 4.33. The standard InChI is InChI=1S/C10H10FNO2/c11-10(9(13)14)5-8(12)6-3-1-2-4-7(6)10/h1-4,8H,5,12H2,(H,13,14).